The highest BCUT2D eigenvalue weighted by Gasteiger charge is 2.41. The number of nitrogens with zero attached hydrogens (tertiary/aromatic N) is 4. The molecule has 0 radical (unpaired) electrons. The maximum absolute atomic E-state index is 12.7. The van der Waals surface area contributed by atoms with E-state index in [4.69, 9.17) is 9.72 Å². The SMILES string of the molecule is CC(C)[Si](C#Cc1cc(=O)[nH]c2nc(Nc3ccc(N4CCN(C)CC4)c(OC[C@H]4CC[C@@H](CO)C4)c3)ncc12)(C(C)C)C(C)C. The van der Waals surface area contributed by atoms with Crippen molar-refractivity contribution in [1.82, 2.24) is 19.9 Å². The van der Waals surface area contributed by atoms with Crippen molar-refractivity contribution >= 4 is 36.4 Å². The highest BCUT2D eigenvalue weighted by atomic mass is 28.3. The number of piperazine rings is 1. The van der Waals surface area contributed by atoms with E-state index in [-0.39, 0.29) is 12.2 Å². The Morgan fingerprint density at radius 2 is 1.74 bits per heavy atom. The van der Waals surface area contributed by atoms with Gasteiger partial charge in [0.1, 0.15) is 19.5 Å². The molecule has 1 aliphatic heterocycles. The van der Waals surface area contributed by atoms with Crippen LogP contribution in [0, 0.1) is 23.3 Å². The lowest BCUT2D eigenvalue weighted by Gasteiger charge is -2.38. The van der Waals surface area contributed by atoms with Crippen molar-refractivity contribution in [3.8, 4) is 17.2 Å². The van der Waals surface area contributed by atoms with Crippen molar-refractivity contribution in [1.29, 1.82) is 0 Å². The summed E-state index contributed by atoms with van der Waals surface area (Å²) in [4.78, 5) is 29.7. The molecule has 1 saturated heterocycles. The summed E-state index contributed by atoms with van der Waals surface area (Å²) in [6.45, 7) is 18.5. The highest BCUT2D eigenvalue weighted by Crippen LogP contribution is 2.41. The van der Waals surface area contributed by atoms with Gasteiger partial charge in [-0.15, -0.1) is 5.54 Å². The van der Waals surface area contributed by atoms with Crippen molar-refractivity contribution in [2.24, 2.45) is 11.8 Å². The molecule has 0 unspecified atom stereocenters. The minimum absolute atomic E-state index is 0.227. The van der Waals surface area contributed by atoms with E-state index in [0.717, 1.165) is 68.0 Å². The Morgan fingerprint density at radius 1 is 1.04 bits per heavy atom. The van der Waals surface area contributed by atoms with E-state index in [1.54, 1.807) is 12.3 Å². The number of rotatable bonds is 10. The van der Waals surface area contributed by atoms with Gasteiger partial charge in [0.25, 0.3) is 5.56 Å². The Morgan fingerprint density at radius 3 is 2.39 bits per heavy atom. The van der Waals surface area contributed by atoms with Crippen LogP contribution in [0.3, 0.4) is 0 Å². The Labute approximate surface area is 275 Å². The zero-order valence-electron chi connectivity index (χ0n) is 28.7. The Balaban J connectivity index is 1.42. The summed E-state index contributed by atoms with van der Waals surface area (Å²) in [7, 11) is 0.176. The molecule has 3 aromatic rings. The Hall–Kier alpha value is -3.39. The molecule has 9 nitrogen and oxygen atoms in total. The minimum Gasteiger partial charge on any atom is -0.491 e. The van der Waals surface area contributed by atoms with Crippen molar-refractivity contribution in [3.63, 3.8) is 0 Å². The monoisotopic (exact) mass is 644 g/mol. The molecule has 0 spiro atoms. The molecule has 46 heavy (non-hydrogen) atoms. The molecule has 2 aromatic heterocycles. The van der Waals surface area contributed by atoms with E-state index in [0.29, 0.717) is 52.2 Å². The fourth-order valence-corrected chi connectivity index (χ4v) is 12.9. The van der Waals surface area contributed by atoms with E-state index in [1.165, 1.54) is 0 Å². The topological polar surface area (TPSA) is 107 Å². The number of nitrogens with one attached hydrogen (secondary N) is 2. The van der Waals surface area contributed by atoms with Crippen LogP contribution in [0.4, 0.5) is 17.3 Å². The number of likely N-dealkylation sites (N-methyl/N-ethyl adjacent to an activating group) is 1. The largest absolute Gasteiger partial charge is 0.491 e. The average Bonchev–Trinajstić information content (AvgIpc) is 3.48. The van der Waals surface area contributed by atoms with Gasteiger partial charge in [0.15, 0.2) is 0 Å². The predicted octanol–water partition coefficient (Wildman–Crippen LogP) is 6.17. The maximum Gasteiger partial charge on any atom is 0.250 e. The van der Waals surface area contributed by atoms with Crippen LogP contribution in [0.5, 0.6) is 5.75 Å². The van der Waals surface area contributed by atoms with Crippen molar-refractivity contribution < 1.29 is 9.84 Å². The molecule has 0 bridgehead atoms. The van der Waals surface area contributed by atoms with Gasteiger partial charge in [-0.1, -0.05) is 47.5 Å². The van der Waals surface area contributed by atoms with Crippen LogP contribution in [0.25, 0.3) is 11.0 Å². The van der Waals surface area contributed by atoms with Gasteiger partial charge in [-0.25, -0.2) is 4.98 Å². The number of anilines is 3. The summed E-state index contributed by atoms with van der Waals surface area (Å²) >= 11 is 0. The number of aromatic nitrogens is 3. The fourth-order valence-electron chi connectivity index (χ4n) is 7.66. The molecule has 5 rings (SSSR count). The Bertz CT molecular complexity index is 1600. The third-order valence-corrected chi connectivity index (χ3v) is 16.6. The van der Waals surface area contributed by atoms with Crippen LogP contribution in [0.2, 0.25) is 16.6 Å². The molecule has 10 heteroatoms. The van der Waals surface area contributed by atoms with E-state index >= 15 is 0 Å². The first kappa shape index (κ1) is 34.0. The van der Waals surface area contributed by atoms with Crippen LogP contribution in [-0.2, 0) is 0 Å². The quantitative estimate of drug-likeness (QED) is 0.178. The maximum atomic E-state index is 12.7. The van der Waals surface area contributed by atoms with Gasteiger partial charge >= 0.3 is 0 Å². The molecule has 2 atom stereocenters. The molecule has 0 amide bonds. The first-order valence-corrected chi connectivity index (χ1v) is 19.2. The minimum atomic E-state index is -1.98. The number of aliphatic hydroxyl groups excluding tert-OH is 1. The second-order valence-corrected chi connectivity index (χ2v) is 19.9. The third-order valence-electron chi connectivity index (χ3n) is 10.3. The molecule has 3 heterocycles. The number of aliphatic hydroxyl groups is 1. The number of benzene rings is 1. The molecule has 3 N–H and O–H groups in total. The van der Waals surface area contributed by atoms with Crippen molar-refractivity contribution in [3.05, 3.63) is 46.4 Å². The van der Waals surface area contributed by atoms with Gasteiger partial charge in [-0.2, -0.15) is 4.98 Å². The van der Waals surface area contributed by atoms with Crippen molar-refractivity contribution in [2.75, 3.05) is 56.7 Å². The predicted molar refractivity (Wildman–Crippen MR) is 191 cm³/mol. The van der Waals surface area contributed by atoms with Gasteiger partial charge in [-0.05, 0) is 66.9 Å². The number of ether oxygens (including phenoxy) is 1. The average molecular weight is 645 g/mol. The molecular weight excluding hydrogens is 593 g/mol. The zero-order valence-corrected chi connectivity index (χ0v) is 29.7. The first-order chi connectivity index (χ1) is 22.0. The zero-order chi connectivity index (χ0) is 33.0. The molecule has 2 fully saturated rings. The lowest BCUT2D eigenvalue weighted by atomic mass is 10.1. The normalized spacial score (nSPS) is 19.2. The van der Waals surface area contributed by atoms with Crippen molar-refractivity contribution in [2.45, 2.75) is 77.4 Å². The molecular formula is C36H52N6O3Si. The van der Waals surface area contributed by atoms with Crippen LogP contribution in [0.15, 0.2) is 35.3 Å². The molecule has 1 aliphatic carbocycles. The smallest absolute Gasteiger partial charge is 0.250 e. The molecule has 1 aromatic carbocycles. The summed E-state index contributed by atoms with van der Waals surface area (Å²) in [5.74, 6) is 5.48. The summed E-state index contributed by atoms with van der Waals surface area (Å²) in [6, 6.07) is 7.74. The molecule has 1 saturated carbocycles. The van der Waals surface area contributed by atoms with Gasteiger partial charge in [0, 0.05) is 62.4 Å². The lowest BCUT2D eigenvalue weighted by molar-refractivity contribution is 0.211. The van der Waals surface area contributed by atoms with Gasteiger partial charge in [0.05, 0.1) is 17.7 Å². The van der Waals surface area contributed by atoms with Crippen LogP contribution in [0.1, 0.15) is 66.4 Å². The number of fused-ring (bicyclic) bond motifs is 1. The highest BCUT2D eigenvalue weighted by molar-refractivity contribution is 6.90. The van der Waals surface area contributed by atoms with Crippen LogP contribution < -0.4 is 20.5 Å². The lowest BCUT2D eigenvalue weighted by Crippen LogP contribution is -2.44. The van der Waals surface area contributed by atoms with Gasteiger partial charge < -0.3 is 29.9 Å². The summed E-state index contributed by atoms with van der Waals surface area (Å²) in [5, 5.41) is 13.7. The summed E-state index contributed by atoms with van der Waals surface area (Å²) in [5.41, 5.74) is 8.02. The van der Waals surface area contributed by atoms with E-state index < -0.39 is 8.07 Å². The third kappa shape index (κ3) is 7.43. The van der Waals surface area contributed by atoms with E-state index in [1.807, 2.05) is 12.1 Å². The first-order valence-electron chi connectivity index (χ1n) is 17.0. The van der Waals surface area contributed by atoms with E-state index in [2.05, 4.69) is 91.2 Å². The standard InChI is InChI=1S/C36H52N6O3Si/c1-24(2)46(25(3)4,26(5)6)17-12-29-19-34(44)39-35-31(29)21-37-36(40-35)38-30-10-11-32(42-15-13-41(7)14-16-42)33(20-30)45-23-28-9-8-27(18-28)22-43/h10-11,19-21,24-28,43H,8-9,13-16,18,22-23H2,1-7H3,(H2,37,38,39,40,44)/t27-,28+/m1/s1. The number of aromatic amines is 1. The Kier molecular flexibility index (Phi) is 10.8. The number of pyridine rings is 1. The van der Waals surface area contributed by atoms with E-state index in [9.17, 15) is 9.90 Å². The number of H-pyrrole nitrogens is 1. The van der Waals surface area contributed by atoms with Gasteiger partial charge in [0.2, 0.25) is 5.95 Å². The molecule has 248 valence electrons. The summed E-state index contributed by atoms with van der Waals surface area (Å²) in [6.07, 6.45) is 4.89. The number of hydrogen-bond acceptors (Lipinski definition) is 8. The van der Waals surface area contributed by atoms with Crippen LogP contribution >= 0.6 is 0 Å². The number of hydrogen-bond donors (Lipinski definition) is 3. The van der Waals surface area contributed by atoms with Gasteiger partial charge in [-0.3, -0.25) is 4.79 Å². The molecule has 2 aliphatic rings. The van der Waals surface area contributed by atoms with Crippen LogP contribution in [-0.4, -0.2) is 79.5 Å². The fraction of sp³-hybridized carbons (Fsp3) is 0.583. The second-order valence-electron chi connectivity index (χ2n) is 14.3. The second kappa shape index (κ2) is 14.6. The summed E-state index contributed by atoms with van der Waals surface area (Å²) < 4.78 is 6.50.